The number of nitrogens with one attached hydrogen (secondary N) is 1. The molecule has 2 aromatic carbocycles. The molecule has 3 rings (SSSR count). The second kappa shape index (κ2) is 10.5. The second-order valence-electron chi connectivity index (χ2n) is 6.32. The van der Waals surface area contributed by atoms with Crippen molar-refractivity contribution in [2.45, 2.75) is 20.0 Å². The maximum atomic E-state index is 12.3. The molecule has 0 spiro atoms. The lowest BCUT2D eigenvalue weighted by Gasteiger charge is -2.23. The van der Waals surface area contributed by atoms with Gasteiger partial charge in [0.05, 0.1) is 11.2 Å². The van der Waals surface area contributed by atoms with Gasteiger partial charge in [0, 0.05) is 36.3 Å². The molecule has 0 bridgehead atoms. The summed E-state index contributed by atoms with van der Waals surface area (Å²) in [4.78, 5) is 18.8. The Morgan fingerprint density at radius 1 is 1.14 bits per heavy atom. The van der Waals surface area contributed by atoms with Gasteiger partial charge < -0.3 is 15.0 Å². The van der Waals surface area contributed by atoms with E-state index < -0.39 is 0 Å². The fourth-order valence-corrected chi connectivity index (χ4v) is 3.39. The van der Waals surface area contributed by atoms with Gasteiger partial charge >= 0.3 is 0 Å². The van der Waals surface area contributed by atoms with E-state index in [-0.39, 0.29) is 5.91 Å². The summed E-state index contributed by atoms with van der Waals surface area (Å²) in [5.74, 6) is 0.666. The van der Waals surface area contributed by atoms with Crippen LogP contribution in [-0.4, -0.2) is 30.5 Å². The summed E-state index contributed by atoms with van der Waals surface area (Å²) in [5, 5.41) is 4.95. The van der Waals surface area contributed by atoms with Crippen LogP contribution < -0.4 is 15.0 Å². The molecule has 0 aliphatic heterocycles. The molecule has 0 saturated heterocycles. The lowest BCUT2D eigenvalue weighted by atomic mass is 10.2. The van der Waals surface area contributed by atoms with Crippen LogP contribution in [0.2, 0.25) is 0 Å². The van der Waals surface area contributed by atoms with E-state index in [2.05, 4.69) is 34.3 Å². The zero-order chi connectivity index (χ0) is 19.6. The van der Waals surface area contributed by atoms with Crippen LogP contribution in [0.1, 0.15) is 29.4 Å². The molecule has 3 aromatic rings. The Labute approximate surface area is 170 Å². The first-order chi connectivity index (χ1) is 13.8. The molecule has 0 radical (unpaired) electrons. The van der Waals surface area contributed by atoms with Gasteiger partial charge in [0.1, 0.15) is 12.4 Å². The van der Waals surface area contributed by atoms with Gasteiger partial charge in [0.15, 0.2) is 0 Å². The van der Waals surface area contributed by atoms with Crippen molar-refractivity contribution in [2.24, 2.45) is 0 Å². The van der Waals surface area contributed by atoms with Gasteiger partial charge in [-0.25, -0.2) is 4.98 Å². The summed E-state index contributed by atoms with van der Waals surface area (Å²) >= 11 is 1.55. The summed E-state index contributed by atoms with van der Waals surface area (Å²) in [6.07, 6.45) is 0.892. The lowest BCUT2D eigenvalue weighted by Crippen LogP contribution is -2.29. The van der Waals surface area contributed by atoms with Crippen molar-refractivity contribution in [3.8, 4) is 5.75 Å². The Kier molecular flexibility index (Phi) is 7.44. The monoisotopic (exact) mass is 395 g/mol. The maximum Gasteiger partial charge on any atom is 0.251 e. The first-order valence-electron chi connectivity index (χ1n) is 9.44. The van der Waals surface area contributed by atoms with E-state index in [0.29, 0.717) is 18.7 Å². The predicted molar refractivity (Wildman–Crippen MR) is 114 cm³/mol. The van der Waals surface area contributed by atoms with Gasteiger partial charge in [-0.1, -0.05) is 18.2 Å². The molecule has 0 aliphatic rings. The highest BCUT2D eigenvalue weighted by Gasteiger charge is 2.07. The zero-order valence-electron chi connectivity index (χ0n) is 16.0. The minimum atomic E-state index is -0.0613. The van der Waals surface area contributed by atoms with Gasteiger partial charge in [0.25, 0.3) is 5.91 Å². The summed E-state index contributed by atoms with van der Waals surface area (Å²) in [5.41, 5.74) is 4.54. The molecule has 0 saturated carbocycles. The average molecular weight is 396 g/mol. The van der Waals surface area contributed by atoms with E-state index in [1.807, 2.05) is 35.7 Å². The predicted octanol–water partition coefficient (Wildman–Crippen LogP) is 4.37. The Balaban J connectivity index is 1.40. The van der Waals surface area contributed by atoms with Crippen LogP contribution in [0.4, 0.5) is 5.69 Å². The number of thiazole rings is 1. The van der Waals surface area contributed by atoms with Gasteiger partial charge in [-0.15, -0.1) is 11.3 Å². The molecule has 6 heteroatoms. The van der Waals surface area contributed by atoms with Crippen LogP contribution >= 0.6 is 11.3 Å². The van der Waals surface area contributed by atoms with E-state index >= 15 is 0 Å². The standard InChI is InChI=1S/C22H25N3O2S/c1-2-25(20-7-4-3-5-8-20)14-6-13-23-22(26)18-9-11-21(12-10-18)27-15-19-16-28-17-24-19/h3-5,7-12,16-17H,2,6,13-15H2,1H3,(H,23,26). The lowest BCUT2D eigenvalue weighted by molar-refractivity contribution is 0.0953. The third-order valence-corrected chi connectivity index (χ3v) is 5.02. The fourth-order valence-electron chi connectivity index (χ4n) is 2.85. The number of aromatic nitrogens is 1. The van der Waals surface area contributed by atoms with E-state index in [9.17, 15) is 4.79 Å². The molecule has 28 heavy (non-hydrogen) atoms. The topological polar surface area (TPSA) is 54.5 Å². The number of para-hydroxylation sites is 1. The minimum Gasteiger partial charge on any atom is -0.487 e. The molecule has 1 aromatic heterocycles. The van der Waals surface area contributed by atoms with Gasteiger partial charge in [-0.05, 0) is 49.7 Å². The molecule has 0 fully saturated rings. The number of rotatable bonds is 10. The van der Waals surface area contributed by atoms with Crippen molar-refractivity contribution in [2.75, 3.05) is 24.5 Å². The molecule has 1 heterocycles. The van der Waals surface area contributed by atoms with Crippen LogP contribution in [0, 0.1) is 0 Å². The van der Waals surface area contributed by atoms with Crippen LogP contribution in [0.25, 0.3) is 0 Å². The number of carbonyl (C=O) groups excluding carboxylic acids is 1. The van der Waals surface area contributed by atoms with Crippen molar-refractivity contribution < 1.29 is 9.53 Å². The van der Waals surface area contributed by atoms with Crippen molar-refractivity contribution in [3.63, 3.8) is 0 Å². The summed E-state index contributed by atoms with van der Waals surface area (Å²) in [7, 11) is 0. The Bertz CT molecular complexity index is 836. The summed E-state index contributed by atoms with van der Waals surface area (Å²) in [6, 6.07) is 17.5. The molecule has 5 nitrogen and oxygen atoms in total. The zero-order valence-corrected chi connectivity index (χ0v) is 16.8. The average Bonchev–Trinajstić information content (AvgIpc) is 3.27. The minimum absolute atomic E-state index is 0.0613. The van der Waals surface area contributed by atoms with Crippen LogP contribution in [0.5, 0.6) is 5.75 Å². The highest BCUT2D eigenvalue weighted by Crippen LogP contribution is 2.15. The molecular formula is C22H25N3O2S. The molecule has 0 atom stereocenters. The van der Waals surface area contributed by atoms with Gasteiger partial charge in [-0.2, -0.15) is 0 Å². The van der Waals surface area contributed by atoms with Crippen molar-refractivity contribution in [1.82, 2.24) is 10.3 Å². The number of amides is 1. The normalized spacial score (nSPS) is 10.5. The number of benzene rings is 2. The maximum absolute atomic E-state index is 12.3. The van der Waals surface area contributed by atoms with Crippen molar-refractivity contribution in [3.05, 3.63) is 76.7 Å². The highest BCUT2D eigenvalue weighted by atomic mass is 32.1. The third-order valence-electron chi connectivity index (χ3n) is 4.38. The van der Waals surface area contributed by atoms with Gasteiger partial charge in [0.2, 0.25) is 0 Å². The number of anilines is 1. The number of nitrogens with zero attached hydrogens (tertiary/aromatic N) is 2. The Hall–Kier alpha value is -2.86. The van der Waals surface area contributed by atoms with E-state index in [4.69, 9.17) is 4.74 Å². The number of carbonyl (C=O) groups is 1. The molecule has 0 aliphatic carbocycles. The highest BCUT2D eigenvalue weighted by molar-refractivity contribution is 7.07. The Morgan fingerprint density at radius 3 is 2.61 bits per heavy atom. The first-order valence-corrected chi connectivity index (χ1v) is 10.4. The van der Waals surface area contributed by atoms with E-state index in [1.165, 1.54) is 5.69 Å². The van der Waals surface area contributed by atoms with Crippen LogP contribution in [-0.2, 0) is 6.61 Å². The summed E-state index contributed by atoms with van der Waals surface area (Å²) < 4.78 is 5.67. The largest absolute Gasteiger partial charge is 0.487 e. The Morgan fingerprint density at radius 2 is 1.93 bits per heavy atom. The van der Waals surface area contributed by atoms with Crippen LogP contribution in [0.15, 0.2) is 65.5 Å². The second-order valence-corrected chi connectivity index (χ2v) is 7.04. The molecular weight excluding hydrogens is 370 g/mol. The van der Waals surface area contributed by atoms with Crippen LogP contribution in [0.3, 0.4) is 0 Å². The first kappa shape index (κ1) is 19.9. The van der Waals surface area contributed by atoms with Crippen molar-refractivity contribution >= 4 is 22.9 Å². The smallest absolute Gasteiger partial charge is 0.251 e. The SMILES string of the molecule is CCN(CCCNC(=O)c1ccc(OCc2cscn2)cc1)c1ccccc1. The molecule has 146 valence electrons. The van der Waals surface area contributed by atoms with E-state index in [1.54, 1.807) is 29.0 Å². The fraction of sp³-hybridized carbons (Fsp3) is 0.273. The van der Waals surface area contributed by atoms with Gasteiger partial charge in [-0.3, -0.25) is 4.79 Å². The molecule has 0 unspecified atom stereocenters. The van der Waals surface area contributed by atoms with Crippen molar-refractivity contribution in [1.29, 1.82) is 0 Å². The molecule has 1 N–H and O–H groups in total. The third kappa shape index (κ3) is 5.82. The number of ether oxygens (including phenoxy) is 1. The summed E-state index contributed by atoms with van der Waals surface area (Å²) in [6.45, 7) is 5.07. The number of hydrogen-bond acceptors (Lipinski definition) is 5. The number of hydrogen-bond donors (Lipinski definition) is 1. The van der Waals surface area contributed by atoms with E-state index in [0.717, 1.165) is 31.0 Å². The molecule has 1 amide bonds. The quantitative estimate of drug-likeness (QED) is 0.518.